The monoisotopic (exact) mass is 309 g/mol. The summed E-state index contributed by atoms with van der Waals surface area (Å²) in [6.45, 7) is 1.97. The molecule has 4 heteroatoms. The molecule has 0 aliphatic heterocycles. The van der Waals surface area contributed by atoms with Gasteiger partial charge in [0.05, 0.1) is 5.25 Å². The predicted octanol–water partition coefficient (Wildman–Crippen LogP) is 4.13. The van der Waals surface area contributed by atoms with Gasteiger partial charge in [-0.15, -0.1) is 11.8 Å². The third-order valence-electron chi connectivity index (χ3n) is 4.56. The van der Waals surface area contributed by atoms with Gasteiger partial charge in [-0.2, -0.15) is 0 Å². The van der Waals surface area contributed by atoms with Gasteiger partial charge in [0.2, 0.25) is 5.91 Å². The first-order chi connectivity index (χ1) is 9.61. The Balaban J connectivity index is 1.53. The third-order valence-corrected chi connectivity index (χ3v) is 5.93. The number of hydrogen-bond donors (Lipinski definition) is 1. The SMILES string of the molecule is C[C@H](Sc1ccc(Cl)cc1)C(=O)N[C@@H]1C[C@@H]2CC[C@@H]1C2. The van der Waals surface area contributed by atoms with Gasteiger partial charge in [-0.05, 0) is 62.3 Å². The number of nitrogens with one attached hydrogen (secondary N) is 1. The van der Waals surface area contributed by atoms with E-state index >= 15 is 0 Å². The van der Waals surface area contributed by atoms with Gasteiger partial charge in [-0.1, -0.05) is 18.0 Å². The normalized spacial score (nSPS) is 29.4. The molecule has 20 heavy (non-hydrogen) atoms. The second-order valence-electron chi connectivity index (χ2n) is 6.00. The lowest BCUT2D eigenvalue weighted by molar-refractivity contribution is -0.121. The summed E-state index contributed by atoms with van der Waals surface area (Å²) in [6.07, 6.45) is 5.18. The lowest BCUT2D eigenvalue weighted by atomic mass is 9.95. The van der Waals surface area contributed by atoms with Crippen LogP contribution in [0.4, 0.5) is 0 Å². The number of halogens is 1. The molecule has 2 fully saturated rings. The highest BCUT2D eigenvalue weighted by atomic mass is 35.5. The summed E-state index contributed by atoms with van der Waals surface area (Å²) in [5, 5.41) is 3.93. The van der Waals surface area contributed by atoms with Crippen molar-refractivity contribution < 1.29 is 4.79 Å². The molecule has 1 N–H and O–H groups in total. The molecule has 1 amide bonds. The molecule has 0 heterocycles. The van der Waals surface area contributed by atoms with Gasteiger partial charge >= 0.3 is 0 Å². The molecule has 108 valence electrons. The topological polar surface area (TPSA) is 29.1 Å². The average molecular weight is 310 g/mol. The molecule has 2 aliphatic carbocycles. The third kappa shape index (κ3) is 3.15. The second kappa shape index (κ2) is 5.98. The van der Waals surface area contributed by atoms with E-state index in [-0.39, 0.29) is 11.2 Å². The Morgan fingerprint density at radius 2 is 2.05 bits per heavy atom. The fourth-order valence-electron chi connectivity index (χ4n) is 3.49. The molecule has 0 radical (unpaired) electrons. The van der Waals surface area contributed by atoms with E-state index in [1.165, 1.54) is 25.7 Å². The van der Waals surface area contributed by atoms with Crippen molar-refractivity contribution in [2.24, 2.45) is 11.8 Å². The molecule has 1 aromatic carbocycles. The van der Waals surface area contributed by atoms with E-state index in [1.807, 2.05) is 31.2 Å². The molecule has 2 bridgehead atoms. The van der Waals surface area contributed by atoms with Crippen LogP contribution in [0, 0.1) is 11.8 Å². The average Bonchev–Trinajstić information content (AvgIpc) is 3.03. The van der Waals surface area contributed by atoms with Crippen molar-refractivity contribution in [2.75, 3.05) is 0 Å². The number of rotatable bonds is 4. The summed E-state index contributed by atoms with van der Waals surface area (Å²) in [4.78, 5) is 13.4. The second-order valence-corrected chi connectivity index (χ2v) is 7.85. The number of hydrogen-bond acceptors (Lipinski definition) is 2. The summed E-state index contributed by atoms with van der Waals surface area (Å²) < 4.78 is 0. The molecule has 0 aromatic heterocycles. The van der Waals surface area contributed by atoms with Gasteiger partial charge in [-0.25, -0.2) is 0 Å². The molecule has 2 saturated carbocycles. The minimum absolute atomic E-state index is 0.0599. The Labute approximate surface area is 129 Å². The summed E-state index contributed by atoms with van der Waals surface area (Å²) in [5.41, 5.74) is 0. The maximum Gasteiger partial charge on any atom is 0.233 e. The highest BCUT2D eigenvalue weighted by molar-refractivity contribution is 8.00. The van der Waals surface area contributed by atoms with E-state index in [0.29, 0.717) is 6.04 Å². The van der Waals surface area contributed by atoms with Gasteiger partial charge in [-0.3, -0.25) is 4.79 Å². The largest absolute Gasteiger partial charge is 0.352 e. The number of carbonyl (C=O) groups excluding carboxylic acids is 1. The van der Waals surface area contributed by atoms with E-state index < -0.39 is 0 Å². The lowest BCUT2D eigenvalue weighted by Gasteiger charge is -2.24. The first-order valence-corrected chi connectivity index (χ1v) is 8.60. The van der Waals surface area contributed by atoms with Crippen LogP contribution in [0.1, 0.15) is 32.6 Å². The molecule has 1 aromatic rings. The fourth-order valence-corrected chi connectivity index (χ4v) is 4.49. The van der Waals surface area contributed by atoms with Crippen molar-refractivity contribution in [2.45, 2.75) is 48.8 Å². The van der Waals surface area contributed by atoms with Crippen molar-refractivity contribution in [3.05, 3.63) is 29.3 Å². The molecule has 0 unspecified atom stereocenters. The Morgan fingerprint density at radius 3 is 2.65 bits per heavy atom. The number of thioether (sulfide) groups is 1. The zero-order chi connectivity index (χ0) is 14.1. The van der Waals surface area contributed by atoms with Crippen LogP contribution in [0.15, 0.2) is 29.2 Å². The van der Waals surface area contributed by atoms with Crippen molar-refractivity contribution in [1.82, 2.24) is 5.32 Å². The van der Waals surface area contributed by atoms with Crippen LogP contribution >= 0.6 is 23.4 Å². The first kappa shape index (κ1) is 14.3. The van der Waals surface area contributed by atoms with E-state index in [1.54, 1.807) is 11.8 Å². The van der Waals surface area contributed by atoms with Crippen LogP contribution in [-0.2, 0) is 4.79 Å². The van der Waals surface area contributed by atoms with Gasteiger partial charge in [0.15, 0.2) is 0 Å². The summed E-state index contributed by atoms with van der Waals surface area (Å²) in [6, 6.07) is 8.09. The van der Waals surface area contributed by atoms with Crippen LogP contribution in [0.5, 0.6) is 0 Å². The molecule has 3 rings (SSSR count). The molecular weight excluding hydrogens is 290 g/mol. The summed E-state index contributed by atoms with van der Waals surface area (Å²) >= 11 is 7.46. The standard InChI is InChI=1S/C16H20ClNOS/c1-10(20-14-6-4-13(17)5-7-14)16(19)18-15-9-11-2-3-12(15)8-11/h4-7,10-12,15H,2-3,8-9H2,1H3,(H,18,19)/t10-,11+,12+,15+/m0/s1. The van der Waals surface area contributed by atoms with Crippen molar-refractivity contribution in [1.29, 1.82) is 0 Å². The Bertz CT molecular complexity index is 490. The van der Waals surface area contributed by atoms with Crippen LogP contribution in [0.2, 0.25) is 5.02 Å². The first-order valence-electron chi connectivity index (χ1n) is 7.34. The number of amides is 1. The van der Waals surface area contributed by atoms with Crippen LogP contribution in [0.3, 0.4) is 0 Å². The number of fused-ring (bicyclic) bond motifs is 2. The minimum atomic E-state index is -0.0599. The molecular formula is C16H20ClNOS. The molecule has 2 aliphatic rings. The molecule has 4 atom stereocenters. The Morgan fingerprint density at radius 1 is 1.30 bits per heavy atom. The molecule has 2 nitrogen and oxygen atoms in total. The van der Waals surface area contributed by atoms with Crippen LogP contribution in [-0.4, -0.2) is 17.2 Å². The van der Waals surface area contributed by atoms with Crippen molar-refractivity contribution >= 4 is 29.3 Å². The highest BCUT2D eigenvalue weighted by Crippen LogP contribution is 2.44. The van der Waals surface area contributed by atoms with Crippen molar-refractivity contribution in [3.8, 4) is 0 Å². The van der Waals surface area contributed by atoms with Crippen molar-refractivity contribution in [3.63, 3.8) is 0 Å². The van der Waals surface area contributed by atoms with Crippen LogP contribution in [0.25, 0.3) is 0 Å². The fraction of sp³-hybridized carbons (Fsp3) is 0.562. The number of carbonyl (C=O) groups is 1. The molecule has 0 saturated heterocycles. The smallest absolute Gasteiger partial charge is 0.233 e. The number of benzene rings is 1. The maximum absolute atomic E-state index is 12.3. The minimum Gasteiger partial charge on any atom is -0.352 e. The Kier molecular flexibility index (Phi) is 4.27. The Hall–Kier alpha value is -0.670. The van der Waals surface area contributed by atoms with E-state index in [0.717, 1.165) is 21.8 Å². The lowest BCUT2D eigenvalue weighted by Crippen LogP contribution is -2.42. The quantitative estimate of drug-likeness (QED) is 0.847. The highest BCUT2D eigenvalue weighted by Gasteiger charge is 2.40. The maximum atomic E-state index is 12.3. The van der Waals surface area contributed by atoms with Gasteiger partial charge < -0.3 is 5.32 Å². The van der Waals surface area contributed by atoms with Gasteiger partial charge in [0, 0.05) is 16.0 Å². The van der Waals surface area contributed by atoms with E-state index in [4.69, 9.17) is 11.6 Å². The zero-order valence-electron chi connectivity index (χ0n) is 11.6. The van der Waals surface area contributed by atoms with E-state index in [9.17, 15) is 4.79 Å². The molecule has 0 spiro atoms. The summed E-state index contributed by atoms with van der Waals surface area (Å²) in [5.74, 6) is 1.77. The van der Waals surface area contributed by atoms with Crippen LogP contribution < -0.4 is 5.32 Å². The predicted molar refractivity (Wildman–Crippen MR) is 84.1 cm³/mol. The van der Waals surface area contributed by atoms with E-state index in [2.05, 4.69) is 5.32 Å². The zero-order valence-corrected chi connectivity index (χ0v) is 13.2. The van der Waals surface area contributed by atoms with Gasteiger partial charge in [0.1, 0.15) is 0 Å². The summed E-state index contributed by atoms with van der Waals surface area (Å²) in [7, 11) is 0. The van der Waals surface area contributed by atoms with Gasteiger partial charge in [0.25, 0.3) is 0 Å².